The average Bonchev–Trinajstić information content (AvgIpc) is 2.59. The van der Waals surface area contributed by atoms with Crippen molar-refractivity contribution < 1.29 is 27.9 Å². The van der Waals surface area contributed by atoms with Crippen molar-refractivity contribution in [3.63, 3.8) is 0 Å². The molecule has 1 heterocycles. The van der Waals surface area contributed by atoms with E-state index < -0.39 is 26.8 Å². The summed E-state index contributed by atoms with van der Waals surface area (Å²) in [4.78, 5) is 36.0. The molecule has 0 unspecified atom stereocenters. The van der Waals surface area contributed by atoms with Gasteiger partial charge in [0.1, 0.15) is 5.82 Å². The fraction of sp³-hybridized carbons (Fsp3) is 0.267. The number of anilines is 1. The van der Waals surface area contributed by atoms with Gasteiger partial charge in [-0.15, -0.1) is 0 Å². The van der Waals surface area contributed by atoms with Crippen LogP contribution in [0.25, 0.3) is 0 Å². The number of carbonyl (C=O) groups is 2. The van der Waals surface area contributed by atoms with Gasteiger partial charge in [0.2, 0.25) is 15.8 Å². The molecule has 0 aliphatic carbocycles. The van der Waals surface area contributed by atoms with Crippen molar-refractivity contribution in [2.75, 3.05) is 19.1 Å². The summed E-state index contributed by atoms with van der Waals surface area (Å²) < 4.78 is 29.8. The third kappa shape index (κ3) is 5.58. The van der Waals surface area contributed by atoms with E-state index in [1.807, 2.05) is 0 Å². The third-order valence-corrected chi connectivity index (χ3v) is 4.83. The van der Waals surface area contributed by atoms with Gasteiger partial charge in [-0.05, 0) is 18.6 Å². The number of carboxylic acids is 1. The number of carbonyl (C=O) groups excluding carboxylic acids is 1. The molecule has 0 aliphatic heterocycles. The summed E-state index contributed by atoms with van der Waals surface area (Å²) in [5, 5.41) is 7.87. The molecule has 2 rings (SSSR count). The molecule has 27 heavy (non-hydrogen) atoms. The quantitative estimate of drug-likeness (QED) is 0.666. The second kappa shape index (κ2) is 9.40. The molecule has 0 saturated heterocycles. The minimum absolute atomic E-state index is 0. The van der Waals surface area contributed by atoms with Crippen molar-refractivity contribution in [2.24, 2.45) is 0 Å². The molecule has 10 nitrogen and oxygen atoms in total. The molecular formula is C15H18CaN4O6S. The van der Waals surface area contributed by atoms with Crippen molar-refractivity contribution >= 4 is 64.7 Å². The molecule has 0 saturated carbocycles. The number of carboxylic acid groups (broad SMARTS) is 1. The number of ether oxygens (including phenoxy) is 1. The van der Waals surface area contributed by atoms with E-state index in [0.717, 1.165) is 4.90 Å². The normalized spacial score (nSPS) is 10.6. The van der Waals surface area contributed by atoms with Crippen molar-refractivity contribution in [1.82, 2.24) is 15.0 Å². The number of hydrogen-bond donors (Lipinski definition) is 1. The first kappa shape index (κ1) is 23.2. The minimum atomic E-state index is -4.37. The van der Waals surface area contributed by atoms with Crippen LogP contribution in [-0.4, -0.2) is 91.6 Å². The van der Waals surface area contributed by atoms with E-state index in [9.17, 15) is 18.0 Å². The van der Waals surface area contributed by atoms with Crippen molar-refractivity contribution in [3.8, 4) is 6.01 Å². The topological polar surface area (TPSA) is 140 Å². The van der Waals surface area contributed by atoms with Gasteiger partial charge in [-0.2, -0.15) is 15.0 Å². The van der Waals surface area contributed by atoms with Gasteiger partial charge in [0.15, 0.2) is 0 Å². The summed E-state index contributed by atoms with van der Waals surface area (Å²) in [5.41, 5.74) is -0.185. The number of nitrogens with zero attached hydrogens (tertiary/aromatic N) is 4. The molecule has 1 N–H and O–H groups in total. The van der Waals surface area contributed by atoms with Crippen molar-refractivity contribution in [1.29, 1.82) is 0 Å². The number of aryl methyl sites for hydroxylation is 1. The number of aromatic nitrogens is 3. The van der Waals surface area contributed by atoms with Crippen LogP contribution in [0.2, 0.25) is 0 Å². The molecule has 0 fully saturated rings. The molecular weight excluding hydrogens is 404 g/mol. The Morgan fingerprint density at radius 2 is 1.81 bits per heavy atom. The number of benzene rings is 1. The SMILES string of the molecule is COc1nc(C)nc(N(C)C(=O)S(=O)(=O)Cc2ccccc2C(=O)O)n1.[CaH2]. The molecule has 1 amide bonds. The predicted octanol–water partition coefficient (Wildman–Crippen LogP) is 0.142. The summed E-state index contributed by atoms with van der Waals surface area (Å²) in [7, 11) is -1.86. The molecule has 0 atom stereocenters. The Labute approximate surface area is 185 Å². The van der Waals surface area contributed by atoms with E-state index in [1.165, 1.54) is 45.3 Å². The Kier molecular flexibility index (Phi) is 8.08. The molecule has 12 heteroatoms. The second-order valence-corrected chi connectivity index (χ2v) is 7.08. The number of sulfone groups is 1. The Morgan fingerprint density at radius 1 is 1.19 bits per heavy atom. The number of aromatic carboxylic acids is 1. The summed E-state index contributed by atoms with van der Waals surface area (Å²) in [6.07, 6.45) is 0. The molecule has 0 bridgehead atoms. The van der Waals surface area contributed by atoms with E-state index in [2.05, 4.69) is 15.0 Å². The van der Waals surface area contributed by atoms with Crippen LogP contribution < -0.4 is 9.64 Å². The standard InChI is InChI=1S/C15H16N4O6S.Ca.2H/c1-9-16-13(18-14(17-9)25-3)19(2)15(22)26(23,24)8-10-6-4-5-7-11(10)12(20)21;;;/h4-7H,8H2,1-3H3,(H,20,21);;;. The maximum atomic E-state index is 12.4. The van der Waals surface area contributed by atoms with Crippen molar-refractivity contribution in [2.45, 2.75) is 12.7 Å². The molecule has 142 valence electrons. The molecule has 0 radical (unpaired) electrons. The van der Waals surface area contributed by atoms with Gasteiger partial charge >= 0.3 is 55.0 Å². The monoisotopic (exact) mass is 422 g/mol. The first-order chi connectivity index (χ1) is 12.2. The van der Waals surface area contributed by atoms with Crippen LogP contribution in [0.4, 0.5) is 10.7 Å². The predicted molar refractivity (Wildman–Crippen MR) is 99.5 cm³/mol. The Hall–Kier alpha value is -1.82. The van der Waals surface area contributed by atoms with E-state index in [-0.39, 0.29) is 66.6 Å². The van der Waals surface area contributed by atoms with Crippen LogP contribution in [0, 0.1) is 6.92 Å². The number of rotatable bonds is 5. The van der Waals surface area contributed by atoms with Gasteiger partial charge in [-0.3, -0.25) is 9.69 Å². The Morgan fingerprint density at radius 3 is 2.41 bits per heavy atom. The van der Waals surface area contributed by atoms with Crippen LogP contribution in [0.3, 0.4) is 0 Å². The van der Waals surface area contributed by atoms with Crippen LogP contribution in [0.1, 0.15) is 21.7 Å². The first-order valence-electron chi connectivity index (χ1n) is 7.24. The van der Waals surface area contributed by atoms with E-state index >= 15 is 0 Å². The molecule has 0 aliphatic rings. The summed E-state index contributed by atoms with van der Waals surface area (Å²) in [5.74, 6) is -2.01. The Bertz CT molecular complexity index is 967. The zero-order valence-electron chi connectivity index (χ0n) is 14.2. The maximum absolute atomic E-state index is 12.4. The van der Waals surface area contributed by atoms with Gasteiger partial charge in [-0.25, -0.2) is 13.2 Å². The van der Waals surface area contributed by atoms with Gasteiger partial charge < -0.3 is 9.84 Å². The zero-order valence-corrected chi connectivity index (χ0v) is 15.0. The van der Waals surface area contributed by atoms with Gasteiger partial charge in [0.25, 0.3) is 0 Å². The van der Waals surface area contributed by atoms with E-state index in [4.69, 9.17) is 9.84 Å². The molecule has 1 aromatic heterocycles. The van der Waals surface area contributed by atoms with Gasteiger partial charge in [0, 0.05) is 7.05 Å². The summed E-state index contributed by atoms with van der Waals surface area (Å²) in [6.45, 7) is 1.53. The fourth-order valence-corrected chi connectivity index (χ4v) is 3.38. The fourth-order valence-electron chi connectivity index (χ4n) is 2.10. The summed E-state index contributed by atoms with van der Waals surface area (Å²) >= 11 is 0. The molecule has 1 aromatic carbocycles. The van der Waals surface area contributed by atoms with Crippen LogP contribution in [0.5, 0.6) is 6.01 Å². The van der Waals surface area contributed by atoms with E-state index in [1.54, 1.807) is 0 Å². The first-order valence-corrected chi connectivity index (χ1v) is 8.89. The van der Waals surface area contributed by atoms with Crippen LogP contribution in [0.15, 0.2) is 24.3 Å². The number of hydrogen-bond acceptors (Lipinski definition) is 8. The second-order valence-electron chi connectivity index (χ2n) is 5.22. The average molecular weight is 422 g/mol. The molecule has 2 aromatic rings. The zero-order chi connectivity index (χ0) is 19.5. The molecule has 0 spiro atoms. The van der Waals surface area contributed by atoms with Crippen LogP contribution in [-0.2, 0) is 15.6 Å². The third-order valence-electron chi connectivity index (χ3n) is 3.33. The summed E-state index contributed by atoms with van der Waals surface area (Å²) in [6, 6.07) is 5.49. The number of amides is 1. The van der Waals surface area contributed by atoms with Crippen LogP contribution >= 0.6 is 0 Å². The van der Waals surface area contributed by atoms with Gasteiger partial charge in [0.05, 0.1) is 18.4 Å². The van der Waals surface area contributed by atoms with E-state index in [0.29, 0.717) is 0 Å². The van der Waals surface area contributed by atoms with Gasteiger partial charge in [-0.1, -0.05) is 18.2 Å². The number of methoxy groups -OCH3 is 1. The Balaban J connectivity index is 0.00000364. The van der Waals surface area contributed by atoms with Crippen molar-refractivity contribution in [3.05, 3.63) is 41.2 Å².